The number of rotatable bonds is 3. The van der Waals surface area contributed by atoms with Gasteiger partial charge < -0.3 is 5.11 Å². The second kappa shape index (κ2) is 8.10. The van der Waals surface area contributed by atoms with Crippen LogP contribution < -0.4 is 0 Å². The first-order valence-electron chi connectivity index (χ1n) is 7.13. The lowest BCUT2D eigenvalue weighted by Crippen LogP contribution is -2.27. The van der Waals surface area contributed by atoms with Gasteiger partial charge in [-0.15, -0.1) is 0 Å². The van der Waals surface area contributed by atoms with Crippen molar-refractivity contribution in [2.75, 3.05) is 0 Å². The average molecular weight is 585 g/mol. The first-order valence-corrected chi connectivity index (χ1v) is 10.6. The van der Waals surface area contributed by atoms with Crippen molar-refractivity contribution in [1.82, 2.24) is 4.90 Å². The van der Waals surface area contributed by atoms with Crippen LogP contribution in [0, 0.1) is 3.57 Å². The maximum Gasteiger partial charge on any atom is 0.293 e. The van der Waals surface area contributed by atoms with Crippen molar-refractivity contribution in [3.8, 4) is 5.75 Å². The molecule has 1 aliphatic heterocycles. The van der Waals surface area contributed by atoms with Gasteiger partial charge >= 0.3 is 0 Å². The number of amides is 2. The van der Waals surface area contributed by atoms with Gasteiger partial charge in [-0.05, 0) is 70.3 Å². The Morgan fingerprint density at radius 3 is 2.65 bits per heavy atom. The van der Waals surface area contributed by atoms with Gasteiger partial charge in [-0.1, -0.05) is 45.2 Å². The molecule has 0 atom stereocenters. The van der Waals surface area contributed by atoms with E-state index in [9.17, 15) is 14.7 Å². The van der Waals surface area contributed by atoms with Crippen LogP contribution in [0.5, 0.6) is 5.75 Å². The molecule has 0 bridgehead atoms. The minimum absolute atomic E-state index is 0.0556. The summed E-state index contributed by atoms with van der Waals surface area (Å²) >= 11 is 18.2. The number of benzene rings is 2. The molecular weight excluding hydrogens is 576 g/mol. The summed E-state index contributed by atoms with van der Waals surface area (Å²) in [6, 6.07) is 8.33. The lowest BCUT2D eigenvalue weighted by atomic mass is 10.1. The van der Waals surface area contributed by atoms with Crippen LogP contribution in [-0.2, 0) is 11.3 Å². The van der Waals surface area contributed by atoms with Gasteiger partial charge in [0.05, 0.1) is 15.0 Å². The molecule has 1 fully saturated rings. The van der Waals surface area contributed by atoms with Crippen molar-refractivity contribution in [2.24, 2.45) is 0 Å². The topological polar surface area (TPSA) is 57.6 Å². The smallest absolute Gasteiger partial charge is 0.293 e. The molecule has 0 aliphatic carbocycles. The zero-order valence-electron chi connectivity index (χ0n) is 12.8. The fourth-order valence-electron chi connectivity index (χ4n) is 2.29. The van der Waals surface area contributed by atoms with E-state index in [0.29, 0.717) is 24.7 Å². The average Bonchev–Trinajstić information content (AvgIpc) is 2.82. The molecule has 3 rings (SSSR count). The van der Waals surface area contributed by atoms with Gasteiger partial charge in [0.15, 0.2) is 0 Å². The summed E-state index contributed by atoms with van der Waals surface area (Å²) in [6.07, 6.45) is 1.51. The molecule has 1 N–H and O–H groups in total. The Morgan fingerprint density at radius 2 is 1.96 bits per heavy atom. The van der Waals surface area contributed by atoms with Gasteiger partial charge in [0, 0.05) is 20.1 Å². The Balaban J connectivity index is 1.89. The third kappa shape index (κ3) is 4.22. The number of imide groups is 1. The summed E-state index contributed by atoms with van der Waals surface area (Å²) in [5, 5.41) is 10.7. The molecule has 0 saturated carbocycles. The molecule has 1 heterocycles. The number of thioether (sulfide) groups is 1. The van der Waals surface area contributed by atoms with Crippen LogP contribution in [0.2, 0.25) is 10.0 Å². The Hall–Kier alpha value is -0.740. The summed E-state index contributed by atoms with van der Waals surface area (Å²) in [5.41, 5.74) is 1.08. The predicted octanol–water partition coefficient (Wildman–Crippen LogP) is 6.30. The number of hydrogen-bond donors (Lipinski definition) is 1. The van der Waals surface area contributed by atoms with Crippen molar-refractivity contribution in [2.45, 2.75) is 6.54 Å². The van der Waals surface area contributed by atoms with Gasteiger partial charge in [-0.2, -0.15) is 0 Å². The van der Waals surface area contributed by atoms with Gasteiger partial charge in [-0.3, -0.25) is 14.5 Å². The van der Waals surface area contributed by atoms with E-state index >= 15 is 0 Å². The zero-order valence-corrected chi connectivity index (χ0v) is 18.9. The molecule has 2 aromatic rings. The second-order valence-corrected chi connectivity index (χ2v) is 9.24. The first-order chi connectivity index (χ1) is 12.3. The van der Waals surface area contributed by atoms with E-state index < -0.39 is 11.1 Å². The Labute approximate surface area is 185 Å². The Morgan fingerprint density at radius 1 is 1.23 bits per heavy atom. The normalized spacial score (nSPS) is 16.0. The molecule has 2 amide bonds. The number of carbonyl (C=O) groups excluding carboxylic acids is 2. The number of carbonyl (C=O) groups is 2. The van der Waals surface area contributed by atoms with Crippen molar-refractivity contribution in [3.05, 3.63) is 64.5 Å². The van der Waals surface area contributed by atoms with Crippen LogP contribution in [0.4, 0.5) is 4.79 Å². The number of hydrogen-bond acceptors (Lipinski definition) is 4. The molecule has 0 aromatic heterocycles. The van der Waals surface area contributed by atoms with Gasteiger partial charge in [0.1, 0.15) is 5.75 Å². The quantitative estimate of drug-likeness (QED) is 0.340. The molecule has 2 aromatic carbocycles. The van der Waals surface area contributed by atoms with Gasteiger partial charge in [0.2, 0.25) is 0 Å². The molecule has 0 unspecified atom stereocenters. The molecular formula is C17H9BrCl2INO3S. The fourth-order valence-corrected chi connectivity index (χ4v) is 5.14. The number of phenolic OH excluding ortho intramolecular Hbond substituents is 1. The van der Waals surface area contributed by atoms with Crippen LogP contribution in [-0.4, -0.2) is 21.2 Å². The lowest BCUT2D eigenvalue weighted by Gasteiger charge is -2.13. The van der Waals surface area contributed by atoms with E-state index in [1.807, 2.05) is 22.6 Å². The zero-order chi connectivity index (χ0) is 19.0. The highest BCUT2D eigenvalue weighted by molar-refractivity contribution is 14.1. The molecule has 9 heteroatoms. The van der Waals surface area contributed by atoms with Crippen molar-refractivity contribution < 1.29 is 14.7 Å². The predicted molar refractivity (Wildman–Crippen MR) is 116 cm³/mol. The minimum atomic E-state index is -0.430. The van der Waals surface area contributed by atoms with Crippen LogP contribution in [0.3, 0.4) is 0 Å². The van der Waals surface area contributed by atoms with E-state index in [-0.39, 0.29) is 17.2 Å². The third-order valence-corrected chi connectivity index (χ3v) is 6.34. The monoisotopic (exact) mass is 583 g/mol. The number of aromatic hydroxyl groups is 1. The van der Waals surface area contributed by atoms with Crippen molar-refractivity contribution >= 4 is 90.7 Å². The summed E-state index contributed by atoms with van der Waals surface area (Å²) in [6.45, 7) is 0.0556. The molecule has 1 saturated heterocycles. The number of halogens is 4. The maximum atomic E-state index is 12.6. The van der Waals surface area contributed by atoms with Crippen LogP contribution in [0.25, 0.3) is 6.08 Å². The van der Waals surface area contributed by atoms with Gasteiger partial charge in [-0.25, -0.2) is 0 Å². The van der Waals surface area contributed by atoms with E-state index in [2.05, 4.69) is 15.9 Å². The summed E-state index contributed by atoms with van der Waals surface area (Å²) in [7, 11) is 0. The standard InChI is InChI=1S/C17H9BrCl2INO3S/c18-10-3-9(15(23)13(21)5-10)4-14-16(24)22(17(25)26-14)7-8-1-2-11(19)6-12(8)20/h1-6,23H,7H2/b14-4-. The van der Waals surface area contributed by atoms with E-state index in [1.165, 1.54) is 6.08 Å². The van der Waals surface area contributed by atoms with E-state index in [4.69, 9.17) is 23.2 Å². The first kappa shape index (κ1) is 20.0. The molecule has 4 nitrogen and oxygen atoms in total. The molecule has 26 heavy (non-hydrogen) atoms. The summed E-state index contributed by atoms with van der Waals surface area (Å²) < 4.78 is 1.40. The third-order valence-electron chi connectivity index (χ3n) is 3.56. The van der Waals surface area contributed by atoms with Crippen molar-refractivity contribution in [3.63, 3.8) is 0 Å². The maximum absolute atomic E-state index is 12.6. The van der Waals surface area contributed by atoms with Gasteiger partial charge in [0.25, 0.3) is 11.1 Å². The molecule has 134 valence electrons. The van der Waals surface area contributed by atoms with Crippen LogP contribution in [0.15, 0.2) is 39.7 Å². The summed E-state index contributed by atoms with van der Waals surface area (Å²) in [4.78, 5) is 26.3. The molecule has 1 aliphatic rings. The van der Waals surface area contributed by atoms with Crippen LogP contribution >= 0.6 is 73.5 Å². The molecule has 0 radical (unpaired) electrons. The Bertz CT molecular complexity index is 967. The number of phenols is 1. The Kier molecular flexibility index (Phi) is 6.23. The van der Waals surface area contributed by atoms with Crippen LogP contribution in [0.1, 0.15) is 11.1 Å². The van der Waals surface area contributed by atoms with E-state index in [0.717, 1.165) is 21.1 Å². The fraction of sp³-hybridized carbons (Fsp3) is 0.0588. The minimum Gasteiger partial charge on any atom is -0.506 e. The summed E-state index contributed by atoms with van der Waals surface area (Å²) in [5.74, 6) is -0.373. The largest absolute Gasteiger partial charge is 0.506 e. The van der Waals surface area contributed by atoms with E-state index in [1.54, 1.807) is 30.3 Å². The highest BCUT2D eigenvalue weighted by Crippen LogP contribution is 2.37. The number of nitrogens with zero attached hydrogens (tertiary/aromatic N) is 1. The van der Waals surface area contributed by atoms with Crippen molar-refractivity contribution in [1.29, 1.82) is 0 Å². The SMILES string of the molecule is O=C1S/C(=C\c2cc(Br)cc(I)c2O)C(=O)N1Cc1ccc(Cl)cc1Cl. The lowest BCUT2D eigenvalue weighted by molar-refractivity contribution is -0.123. The molecule has 0 spiro atoms. The highest BCUT2D eigenvalue weighted by atomic mass is 127. The second-order valence-electron chi connectivity index (χ2n) is 5.33. The highest BCUT2D eigenvalue weighted by Gasteiger charge is 2.35.